The van der Waals surface area contributed by atoms with Crippen LogP contribution in [-0.2, 0) is 9.53 Å². The van der Waals surface area contributed by atoms with Crippen molar-refractivity contribution < 1.29 is 9.53 Å². The first kappa shape index (κ1) is 22.4. The summed E-state index contributed by atoms with van der Waals surface area (Å²) in [6, 6.07) is 22.1. The highest BCUT2D eigenvalue weighted by Gasteiger charge is 2.25. The molecule has 0 bridgehead atoms. The number of hydrogen-bond acceptors (Lipinski definition) is 6. The summed E-state index contributed by atoms with van der Waals surface area (Å²) in [5.74, 6) is 0.704. The molecule has 1 unspecified atom stereocenters. The number of nitrogens with one attached hydrogen (secondary N) is 1. The van der Waals surface area contributed by atoms with E-state index in [1.165, 1.54) is 11.8 Å². The number of anilines is 2. The molecule has 7 nitrogen and oxygen atoms in total. The molecule has 1 amide bonds. The third-order valence-electron chi connectivity index (χ3n) is 5.97. The van der Waals surface area contributed by atoms with Crippen LogP contribution in [0.4, 0.5) is 11.6 Å². The number of rotatable bonds is 6. The van der Waals surface area contributed by atoms with Gasteiger partial charge in [0.15, 0.2) is 5.16 Å². The third-order valence-corrected chi connectivity index (χ3v) is 7.01. The van der Waals surface area contributed by atoms with Gasteiger partial charge in [-0.3, -0.25) is 9.36 Å². The zero-order valence-electron chi connectivity index (χ0n) is 19.3. The van der Waals surface area contributed by atoms with Crippen LogP contribution in [-0.4, -0.2) is 52.2 Å². The van der Waals surface area contributed by atoms with E-state index in [1.54, 1.807) is 0 Å². The number of nitrogens with zero attached hydrogens (tertiary/aromatic N) is 4. The van der Waals surface area contributed by atoms with Crippen LogP contribution in [0.2, 0.25) is 0 Å². The Kier molecular flexibility index (Phi) is 6.51. The minimum Gasteiger partial charge on any atom is -0.378 e. The molecule has 1 saturated heterocycles. The zero-order chi connectivity index (χ0) is 23.5. The fraction of sp³-hybridized carbons (Fsp3) is 0.269. The monoisotopic (exact) mass is 473 g/mol. The highest BCUT2D eigenvalue weighted by atomic mass is 32.2. The second-order valence-corrected chi connectivity index (χ2v) is 9.59. The predicted molar refractivity (Wildman–Crippen MR) is 137 cm³/mol. The molecule has 0 saturated carbocycles. The van der Waals surface area contributed by atoms with E-state index >= 15 is 0 Å². The van der Waals surface area contributed by atoms with Crippen LogP contribution < -0.4 is 10.2 Å². The molecule has 5 rings (SSSR count). The average molecular weight is 474 g/mol. The molecule has 3 aromatic carbocycles. The van der Waals surface area contributed by atoms with Gasteiger partial charge in [0, 0.05) is 24.2 Å². The molecule has 0 spiro atoms. The molecule has 1 aliphatic rings. The Morgan fingerprint density at radius 3 is 2.56 bits per heavy atom. The maximum atomic E-state index is 13.2. The number of amides is 1. The van der Waals surface area contributed by atoms with Gasteiger partial charge in [0.25, 0.3) is 0 Å². The van der Waals surface area contributed by atoms with Crippen molar-refractivity contribution in [2.75, 3.05) is 36.5 Å². The minimum absolute atomic E-state index is 0.0754. The summed E-state index contributed by atoms with van der Waals surface area (Å²) in [5.41, 5.74) is 2.94. The van der Waals surface area contributed by atoms with Crippen LogP contribution in [0, 0.1) is 6.92 Å². The number of aromatic nitrogens is 3. The van der Waals surface area contributed by atoms with E-state index < -0.39 is 0 Å². The molecule has 1 atom stereocenters. The Bertz CT molecular complexity index is 1310. The van der Waals surface area contributed by atoms with E-state index in [0.717, 1.165) is 46.7 Å². The fourth-order valence-corrected chi connectivity index (χ4v) is 4.97. The van der Waals surface area contributed by atoms with Crippen molar-refractivity contribution in [3.63, 3.8) is 0 Å². The minimum atomic E-state index is -0.372. The quantitative estimate of drug-likeness (QED) is 0.410. The lowest BCUT2D eigenvalue weighted by atomic mass is 10.1. The molecule has 0 radical (unpaired) electrons. The summed E-state index contributed by atoms with van der Waals surface area (Å²) in [5, 5.41) is 14.6. The van der Waals surface area contributed by atoms with Gasteiger partial charge in [-0.2, -0.15) is 0 Å². The number of aryl methyl sites for hydroxylation is 1. The second kappa shape index (κ2) is 9.87. The van der Waals surface area contributed by atoms with Crippen LogP contribution in [0.3, 0.4) is 0 Å². The van der Waals surface area contributed by atoms with Crippen molar-refractivity contribution in [2.24, 2.45) is 0 Å². The Morgan fingerprint density at radius 1 is 1.00 bits per heavy atom. The van der Waals surface area contributed by atoms with Gasteiger partial charge in [-0.05, 0) is 36.9 Å². The van der Waals surface area contributed by atoms with Crippen LogP contribution >= 0.6 is 11.8 Å². The third kappa shape index (κ3) is 4.51. The smallest absolute Gasteiger partial charge is 0.237 e. The van der Waals surface area contributed by atoms with Crippen molar-refractivity contribution in [1.82, 2.24) is 14.8 Å². The van der Waals surface area contributed by atoms with Crippen LogP contribution in [0.25, 0.3) is 16.5 Å². The van der Waals surface area contributed by atoms with Crippen molar-refractivity contribution >= 4 is 40.1 Å². The summed E-state index contributed by atoms with van der Waals surface area (Å²) in [7, 11) is 0. The number of morpholine rings is 1. The Balaban J connectivity index is 1.42. The van der Waals surface area contributed by atoms with Gasteiger partial charge in [-0.25, -0.2) is 0 Å². The summed E-state index contributed by atoms with van der Waals surface area (Å²) >= 11 is 1.41. The van der Waals surface area contributed by atoms with Gasteiger partial charge < -0.3 is 15.0 Å². The topological polar surface area (TPSA) is 72.3 Å². The second-order valence-electron chi connectivity index (χ2n) is 8.28. The van der Waals surface area contributed by atoms with Crippen molar-refractivity contribution in [3.05, 3.63) is 72.3 Å². The lowest BCUT2D eigenvalue weighted by Crippen LogP contribution is -2.38. The van der Waals surface area contributed by atoms with Crippen molar-refractivity contribution in [3.8, 4) is 5.69 Å². The van der Waals surface area contributed by atoms with Gasteiger partial charge >= 0.3 is 0 Å². The van der Waals surface area contributed by atoms with Crippen molar-refractivity contribution in [2.45, 2.75) is 24.3 Å². The molecule has 8 heteroatoms. The first-order valence-electron chi connectivity index (χ1n) is 11.4. The number of fused-ring (bicyclic) bond motifs is 1. The first-order valence-corrected chi connectivity index (χ1v) is 12.3. The van der Waals surface area contributed by atoms with E-state index in [0.29, 0.717) is 18.4 Å². The molecule has 2 heterocycles. The van der Waals surface area contributed by atoms with E-state index in [4.69, 9.17) is 4.74 Å². The highest BCUT2D eigenvalue weighted by molar-refractivity contribution is 8.00. The van der Waals surface area contributed by atoms with E-state index in [9.17, 15) is 4.79 Å². The number of thioether (sulfide) groups is 1. The number of carbonyl (C=O) groups is 1. The number of carbonyl (C=O) groups excluding carboxylic acids is 1. The fourth-order valence-electron chi connectivity index (χ4n) is 4.11. The summed E-state index contributed by atoms with van der Waals surface area (Å²) in [6.07, 6.45) is 0. The molecule has 4 aromatic rings. The van der Waals surface area contributed by atoms with Crippen LogP contribution in [0.5, 0.6) is 0 Å². The Morgan fingerprint density at radius 2 is 1.74 bits per heavy atom. The molecule has 1 N–H and O–H groups in total. The molecule has 0 aliphatic carbocycles. The molecular formula is C26H27N5O2S. The number of hydrogen-bond donors (Lipinski definition) is 1. The maximum Gasteiger partial charge on any atom is 0.237 e. The molecule has 1 aromatic heterocycles. The van der Waals surface area contributed by atoms with Crippen LogP contribution in [0.1, 0.15) is 12.5 Å². The molecular weight excluding hydrogens is 446 g/mol. The number of ether oxygens (including phenoxy) is 1. The van der Waals surface area contributed by atoms with Gasteiger partial charge in [-0.1, -0.05) is 66.4 Å². The molecule has 1 fully saturated rings. The molecule has 34 heavy (non-hydrogen) atoms. The summed E-state index contributed by atoms with van der Waals surface area (Å²) in [4.78, 5) is 15.4. The number of benzene rings is 3. The Labute approximate surface area is 203 Å². The molecule has 1 aliphatic heterocycles. The standard InChI is InChI=1S/C26H27N5O2S/c1-18-8-3-6-13-23(18)31-25(30-14-16-33-17-15-30)28-29-26(31)34-19(2)24(32)27-22-12-7-10-20-9-4-5-11-21(20)22/h3-13,19H,14-17H2,1-2H3,(H,27,32). The summed E-state index contributed by atoms with van der Waals surface area (Å²) in [6.45, 7) is 6.80. The van der Waals surface area contributed by atoms with E-state index in [1.807, 2.05) is 61.5 Å². The van der Waals surface area contributed by atoms with E-state index in [2.05, 4.69) is 44.0 Å². The zero-order valence-corrected chi connectivity index (χ0v) is 20.1. The van der Waals surface area contributed by atoms with Gasteiger partial charge in [0.2, 0.25) is 11.9 Å². The summed E-state index contributed by atoms with van der Waals surface area (Å²) < 4.78 is 7.59. The lowest BCUT2D eigenvalue weighted by molar-refractivity contribution is -0.115. The van der Waals surface area contributed by atoms with E-state index in [-0.39, 0.29) is 11.2 Å². The maximum absolute atomic E-state index is 13.2. The SMILES string of the molecule is Cc1ccccc1-n1c(SC(C)C(=O)Nc2cccc3ccccc23)nnc1N1CCOCC1. The predicted octanol–water partition coefficient (Wildman–Crippen LogP) is 4.68. The first-order chi connectivity index (χ1) is 16.6. The number of para-hydroxylation sites is 1. The van der Waals surface area contributed by atoms with Crippen LogP contribution in [0.15, 0.2) is 71.9 Å². The largest absolute Gasteiger partial charge is 0.378 e. The lowest BCUT2D eigenvalue weighted by Gasteiger charge is -2.28. The van der Waals surface area contributed by atoms with Gasteiger partial charge in [0.1, 0.15) is 0 Å². The van der Waals surface area contributed by atoms with Crippen molar-refractivity contribution in [1.29, 1.82) is 0 Å². The molecule has 174 valence electrons. The average Bonchev–Trinajstić information content (AvgIpc) is 3.28. The normalized spacial score (nSPS) is 14.8. The van der Waals surface area contributed by atoms with Gasteiger partial charge in [0.05, 0.1) is 24.2 Å². The highest BCUT2D eigenvalue weighted by Crippen LogP contribution is 2.32. The Hall–Kier alpha value is -3.36. The van der Waals surface area contributed by atoms with Gasteiger partial charge in [-0.15, -0.1) is 10.2 Å².